The zero-order valence-corrected chi connectivity index (χ0v) is 28.6. The van der Waals surface area contributed by atoms with Crippen molar-refractivity contribution < 1.29 is 39.1 Å². The normalized spacial score (nSPS) is 22.9. The largest absolute Gasteiger partial charge is 0.508 e. The van der Waals surface area contributed by atoms with Gasteiger partial charge in [-0.1, -0.05) is 52.8 Å². The van der Waals surface area contributed by atoms with E-state index in [1.165, 1.54) is 36.4 Å². The number of non-ortho nitro benzene ring substituents is 1. The van der Waals surface area contributed by atoms with Crippen molar-refractivity contribution in [1.29, 1.82) is 0 Å². The molecule has 15 nitrogen and oxygen atoms in total. The van der Waals surface area contributed by atoms with Gasteiger partial charge in [0.15, 0.2) is 0 Å². The fraction of sp³-hybridized carbons (Fsp3) is 0.452. The Labute approximate surface area is 285 Å². The number of nitrogens with two attached hydrogens (primary N) is 1. The van der Waals surface area contributed by atoms with Crippen LogP contribution in [0.5, 0.6) is 5.75 Å². The molecule has 5 atom stereocenters. The molecule has 260 valence electrons. The van der Waals surface area contributed by atoms with E-state index in [9.17, 15) is 44.3 Å². The summed E-state index contributed by atoms with van der Waals surface area (Å²) in [7, 11) is 2.21. The number of phenols is 1. The highest BCUT2D eigenvalue weighted by molar-refractivity contribution is 8.77. The van der Waals surface area contributed by atoms with Crippen molar-refractivity contribution in [2.75, 3.05) is 6.54 Å². The van der Waals surface area contributed by atoms with Gasteiger partial charge in [-0.2, -0.15) is 0 Å². The minimum Gasteiger partial charge on any atom is -0.508 e. The second-order valence-corrected chi connectivity index (χ2v) is 15.9. The molecule has 8 N–H and O–H groups in total. The van der Waals surface area contributed by atoms with Crippen LogP contribution in [0, 0.1) is 10.1 Å². The predicted molar refractivity (Wildman–Crippen MR) is 181 cm³/mol. The van der Waals surface area contributed by atoms with E-state index < -0.39 is 80.6 Å². The molecular weight excluding hydrogens is 665 g/mol. The van der Waals surface area contributed by atoms with Crippen molar-refractivity contribution in [3.63, 3.8) is 0 Å². The lowest BCUT2D eigenvalue weighted by Crippen LogP contribution is -2.62. The number of aromatic hydroxyl groups is 1. The number of hydrogen-bond acceptors (Lipinski definition) is 11. The van der Waals surface area contributed by atoms with Gasteiger partial charge in [0, 0.05) is 22.8 Å². The maximum absolute atomic E-state index is 13.6. The summed E-state index contributed by atoms with van der Waals surface area (Å²) >= 11 is 0. The Morgan fingerprint density at radius 3 is 2.15 bits per heavy atom. The minimum atomic E-state index is -1.47. The molecule has 4 amide bonds. The number of hydrogen-bond donors (Lipinski definition) is 7. The number of carboxylic acids is 1. The van der Waals surface area contributed by atoms with Crippen LogP contribution in [0.4, 0.5) is 5.69 Å². The van der Waals surface area contributed by atoms with Gasteiger partial charge in [-0.25, -0.2) is 4.79 Å². The third-order valence-electron chi connectivity index (χ3n) is 7.82. The molecule has 0 aromatic heterocycles. The van der Waals surface area contributed by atoms with Crippen LogP contribution in [0.1, 0.15) is 51.7 Å². The van der Waals surface area contributed by atoms with Crippen LogP contribution in [0.3, 0.4) is 0 Å². The molecule has 1 heterocycles. The van der Waals surface area contributed by atoms with Crippen LogP contribution >= 0.6 is 21.6 Å². The molecule has 1 saturated heterocycles. The monoisotopic (exact) mass is 704 g/mol. The summed E-state index contributed by atoms with van der Waals surface area (Å²) in [5.74, 6) is -5.04. The van der Waals surface area contributed by atoms with Gasteiger partial charge in [0.05, 0.1) is 22.3 Å². The number of carboxylic acid groups (broad SMARTS) is 1. The van der Waals surface area contributed by atoms with Gasteiger partial charge in [0.1, 0.15) is 23.9 Å². The van der Waals surface area contributed by atoms with Crippen LogP contribution in [-0.2, 0) is 30.4 Å². The van der Waals surface area contributed by atoms with Gasteiger partial charge in [-0.05, 0) is 57.4 Å². The van der Waals surface area contributed by atoms with Gasteiger partial charge in [0.2, 0.25) is 23.6 Å². The van der Waals surface area contributed by atoms with E-state index in [2.05, 4.69) is 21.3 Å². The van der Waals surface area contributed by atoms with Crippen molar-refractivity contribution in [2.45, 2.75) is 80.6 Å². The second kappa shape index (κ2) is 15.7. The highest BCUT2D eigenvalue weighted by atomic mass is 33.1. The number of rotatable bonds is 8. The summed E-state index contributed by atoms with van der Waals surface area (Å²) in [6.45, 7) is 7.52. The molecule has 1 aliphatic heterocycles. The van der Waals surface area contributed by atoms with E-state index in [1.807, 2.05) is 0 Å². The quantitative estimate of drug-likeness (QED) is 0.118. The SMILES string of the molecule is C[C@H](c1ccc([N+](=O)[O-])cc1)[C@H]1NC(=O)CNC(=O)[C@H](NC(=O)[C@@H](N)Cc2ccc(O)cc2)C(C)(C)SSC(C)(C)C(C(=O)O)NC1=O. The molecule has 2 aromatic rings. The number of nitro groups is 1. The van der Waals surface area contributed by atoms with Crippen LogP contribution in [0.2, 0.25) is 0 Å². The van der Waals surface area contributed by atoms with Gasteiger partial charge in [-0.3, -0.25) is 29.3 Å². The summed E-state index contributed by atoms with van der Waals surface area (Å²) in [5, 5.41) is 41.2. The second-order valence-electron chi connectivity index (χ2n) is 12.5. The van der Waals surface area contributed by atoms with Crippen molar-refractivity contribution in [3.8, 4) is 5.75 Å². The molecule has 0 bridgehead atoms. The number of amides is 4. The minimum absolute atomic E-state index is 0.0493. The lowest BCUT2D eigenvalue weighted by Gasteiger charge is -2.38. The fourth-order valence-corrected chi connectivity index (χ4v) is 7.68. The Balaban J connectivity index is 1.93. The average molecular weight is 705 g/mol. The predicted octanol–water partition coefficient (Wildman–Crippen LogP) is 1.58. The molecule has 0 spiro atoms. The number of nitrogens with one attached hydrogen (secondary N) is 4. The van der Waals surface area contributed by atoms with Gasteiger partial charge in [0.25, 0.3) is 5.69 Å². The van der Waals surface area contributed by atoms with Gasteiger partial charge < -0.3 is 37.2 Å². The first kappa shape index (κ1) is 38.1. The molecule has 17 heteroatoms. The first-order valence-corrected chi connectivity index (χ1v) is 17.0. The lowest BCUT2D eigenvalue weighted by atomic mass is 9.91. The average Bonchev–Trinajstić information content (AvgIpc) is 3.02. The number of benzene rings is 2. The lowest BCUT2D eigenvalue weighted by molar-refractivity contribution is -0.384. The first-order chi connectivity index (χ1) is 22.3. The summed E-state index contributed by atoms with van der Waals surface area (Å²) in [6, 6.07) is 6.38. The zero-order chi connectivity index (χ0) is 36.0. The zero-order valence-electron chi connectivity index (χ0n) is 27.0. The Morgan fingerprint density at radius 1 is 1.00 bits per heavy atom. The molecule has 0 radical (unpaired) electrons. The maximum atomic E-state index is 13.6. The van der Waals surface area contributed by atoms with Crippen LogP contribution < -0.4 is 27.0 Å². The van der Waals surface area contributed by atoms with Gasteiger partial charge in [-0.15, -0.1) is 0 Å². The fourth-order valence-electron chi connectivity index (χ4n) is 4.86. The Morgan fingerprint density at radius 2 is 1.58 bits per heavy atom. The van der Waals surface area contributed by atoms with E-state index in [4.69, 9.17) is 5.73 Å². The summed E-state index contributed by atoms with van der Waals surface area (Å²) < 4.78 is -2.29. The molecule has 0 aliphatic carbocycles. The molecule has 3 rings (SSSR count). The van der Waals surface area contributed by atoms with Crippen LogP contribution in [0.15, 0.2) is 48.5 Å². The standard InChI is InChI=1S/C31H40N6O9S2/c1-16(18-8-10-19(11-9-18)37(45)46)23-27(41)36-25(29(43)44)31(4,5)48-47-30(2,3)24(28(42)33-15-22(39)34-23)35-26(40)21(32)14-17-6-12-20(38)13-7-17/h6-13,16,21,23-25,38H,14-15,32H2,1-5H3,(H,33,42)(H,34,39)(H,35,40)(H,36,41)(H,43,44)/t16-,21+,23-,24+,25?/m1/s1. The topological polar surface area (TPSA) is 243 Å². The number of nitro benzene ring substituents is 1. The molecule has 1 aliphatic rings. The molecule has 2 aromatic carbocycles. The molecule has 1 unspecified atom stereocenters. The van der Waals surface area contributed by atoms with E-state index in [1.54, 1.807) is 46.8 Å². The number of nitrogens with zero attached hydrogens (tertiary/aromatic N) is 1. The Hall–Kier alpha value is -4.35. The van der Waals surface area contributed by atoms with Crippen molar-refractivity contribution in [1.82, 2.24) is 21.3 Å². The third kappa shape index (κ3) is 9.84. The highest BCUT2D eigenvalue weighted by Gasteiger charge is 2.45. The first-order valence-electron chi connectivity index (χ1n) is 14.9. The summed E-state index contributed by atoms with van der Waals surface area (Å²) in [6.07, 6.45) is 0.104. The smallest absolute Gasteiger partial charge is 0.327 e. The van der Waals surface area contributed by atoms with E-state index >= 15 is 0 Å². The van der Waals surface area contributed by atoms with Crippen LogP contribution in [-0.4, -0.2) is 84.9 Å². The van der Waals surface area contributed by atoms with E-state index in [-0.39, 0.29) is 17.9 Å². The Bertz CT molecular complexity index is 1540. The van der Waals surface area contributed by atoms with Gasteiger partial charge >= 0.3 is 5.97 Å². The number of phenolic OH excluding ortho intramolecular Hbond substituents is 1. The van der Waals surface area contributed by atoms with Crippen molar-refractivity contribution >= 4 is 56.9 Å². The molecule has 0 saturated carbocycles. The number of carbonyl (C=O) groups excluding carboxylic acids is 4. The number of carbonyl (C=O) groups is 5. The molecule has 48 heavy (non-hydrogen) atoms. The van der Waals surface area contributed by atoms with E-state index in [0.717, 1.165) is 21.6 Å². The highest BCUT2D eigenvalue weighted by Crippen LogP contribution is 2.46. The van der Waals surface area contributed by atoms with E-state index in [0.29, 0.717) is 11.1 Å². The summed E-state index contributed by atoms with van der Waals surface area (Å²) in [5.41, 5.74) is 7.12. The van der Waals surface area contributed by atoms with Crippen LogP contribution in [0.25, 0.3) is 0 Å². The maximum Gasteiger partial charge on any atom is 0.327 e. The summed E-state index contributed by atoms with van der Waals surface area (Å²) in [4.78, 5) is 76.7. The molecular formula is C31H40N6O9S2. The third-order valence-corrected chi connectivity index (χ3v) is 12.1. The Kier molecular flexibility index (Phi) is 12.5. The number of aliphatic carboxylic acids is 1. The molecule has 1 fully saturated rings. The van der Waals surface area contributed by atoms with Crippen molar-refractivity contribution in [2.24, 2.45) is 5.73 Å². The van der Waals surface area contributed by atoms with Crippen molar-refractivity contribution in [3.05, 3.63) is 69.8 Å².